The molecule has 1 fully saturated rings. The molecule has 1 saturated heterocycles. The van der Waals surface area contributed by atoms with Gasteiger partial charge in [0.2, 0.25) is 11.8 Å². The molecule has 0 aliphatic carbocycles. The van der Waals surface area contributed by atoms with Crippen LogP contribution < -0.4 is 22.1 Å². The Hall–Kier alpha value is -1.83. The first-order valence-electron chi connectivity index (χ1n) is 8.70. The number of rotatable bonds is 9. The van der Waals surface area contributed by atoms with Crippen molar-refractivity contribution >= 4 is 17.8 Å². The monoisotopic (exact) mass is 340 g/mol. The fraction of sp³-hybridized carbons (Fsp3) is 0.812. The van der Waals surface area contributed by atoms with E-state index in [4.69, 9.17) is 16.9 Å². The predicted octanol–water partition coefficient (Wildman–Crippen LogP) is -0.270. The summed E-state index contributed by atoms with van der Waals surface area (Å²) in [6.07, 6.45) is 3.52. The van der Waals surface area contributed by atoms with Crippen molar-refractivity contribution in [1.29, 1.82) is 5.41 Å². The number of piperidine rings is 1. The highest BCUT2D eigenvalue weighted by Crippen LogP contribution is 2.21. The van der Waals surface area contributed by atoms with Crippen LogP contribution in [0.4, 0.5) is 0 Å². The zero-order valence-corrected chi connectivity index (χ0v) is 14.8. The number of carbonyl (C=O) groups excluding carboxylic acids is 2. The fourth-order valence-electron chi connectivity index (χ4n) is 3.07. The maximum Gasteiger partial charge on any atom is 0.239 e. The van der Waals surface area contributed by atoms with Crippen molar-refractivity contribution in [3.05, 3.63) is 0 Å². The molecule has 0 aromatic carbocycles. The number of hydrogen-bond acceptors (Lipinski definition) is 4. The zero-order chi connectivity index (χ0) is 18.1. The van der Waals surface area contributed by atoms with Crippen LogP contribution >= 0.6 is 0 Å². The molecule has 8 heteroatoms. The molecule has 0 aromatic heterocycles. The third-order valence-electron chi connectivity index (χ3n) is 4.23. The number of amides is 2. The standard InChI is InChI=1S/C16H32N6O2/c1-11(2)21-13(4-3-7-20-16(18)19)15(24)22-8-5-12(6-9-22)10-14(17)23/h11-13,21H,3-10H2,1-2H3,(H2,17,23)(H4,18,19,20)/t13-/m0/s1. The summed E-state index contributed by atoms with van der Waals surface area (Å²) < 4.78 is 0. The van der Waals surface area contributed by atoms with Crippen LogP contribution in [0.15, 0.2) is 0 Å². The van der Waals surface area contributed by atoms with Crippen molar-refractivity contribution in [2.24, 2.45) is 17.4 Å². The minimum Gasteiger partial charge on any atom is -0.370 e. The Morgan fingerprint density at radius 2 is 1.88 bits per heavy atom. The van der Waals surface area contributed by atoms with Gasteiger partial charge in [0.15, 0.2) is 5.96 Å². The molecule has 0 bridgehead atoms. The molecule has 1 aliphatic rings. The van der Waals surface area contributed by atoms with E-state index in [2.05, 4.69) is 10.6 Å². The van der Waals surface area contributed by atoms with Gasteiger partial charge in [0.1, 0.15) is 0 Å². The smallest absolute Gasteiger partial charge is 0.239 e. The van der Waals surface area contributed by atoms with Gasteiger partial charge in [-0.3, -0.25) is 15.0 Å². The Balaban J connectivity index is 2.48. The fourth-order valence-corrected chi connectivity index (χ4v) is 3.07. The summed E-state index contributed by atoms with van der Waals surface area (Å²) in [6, 6.07) is -0.0152. The lowest BCUT2D eigenvalue weighted by Gasteiger charge is -2.34. The lowest BCUT2D eigenvalue weighted by atomic mass is 9.92. The van der Waals surface area contributed by atoms with Gasteiger partial charge in [0.05, 0.1) is 6.04 Å². The molecule has 0 aromatic rings. The SMILES string of the molecule is CC(C)N[C@@H](CCCNC(=N)N)C(=O)N1CCC(CC(N)=O)CC1. The molecule has 1 rings (SSSR count). The molecule has 1 aliphatic heterocycles. The molecule has 1 atom stereocenters. The van der Waals surface area contributed by atoms with E-state index in [0.717, 1.165) is 19.3 Å². The summed E-state index contributed by atoms with van der Waals surface area (Å²) in [5.74, 6) is 0.0928. The van der Waals surface area contributed by atoms with Crippen LogP contribution in [0.25, 0.3) is 0 Å². The summed E-state index contributed by atoms with van der Waals surface area (Å²) >= 11 is 0. The van der Waals surface area contributed by atoms with E-state index in [9.17, 15) is 9.59 Å². The van der Waals surface area contributed by atoms with E-state index < -0.39 is 0 Å². The first-order chi connectivity index (χ1) is 11.3. The number of likely N-dealkylation sites (tertiary alicyclic amines) is 1. The molecule has 8 nitrogen and oxygen atoms in total. The van der Waals surface area contributed by atoms with Crippen molar-refractivity contribution in [2.75, 3.05) is 19.6 Å². The van der Waals surface area contributed by atoms with E-state index in [-0.39, 0.29) is 29.9 Å². The number of nitrogens with one attached hydrogen (secondary N) is 3. The lowest BCUT2D eigenvalue weighted by molar-refractivity contribution is -0.135. The molecule has 138 valence electrons. The van der Waals surface area contributed by atoms with Crippen molar-refractivity contribution in [3.63, 3.8) is 0 Å². The van der Waals surface area contributed by atoms with Gasteiger partial charge in [0.25, 0.3) is 0 Å². The maximum absolute atomic E-state index is 12.8. The largest absolute Gasteiger partial charge is 0.370 e. The third kappa shape index (κ3) is 7.63. The van der Waals surface area contributed by atoms with Gasteiger partial charge in [-0.25, -0.2) is 0 Å². The Labute approximate surface area is 144 Å². The van der Waals surface area contributed by atoms with Gasteiger partial charge in [-0.1, -0.05) is 13.8 Å². The normalized spacial score (nSPS) is 16.9. The van der Waals surface area contributed by atoms with Crippen LogP contribution in [0.3, 0.4) is 0 Å². The van der Waals surface area contributed by atoms with Gasteiger partial charge >= 0.3 is 0 Å². The molecule has 7 N–H and O–H groups in total. The second-order valence-electron chi connectivity index (χ2n) is 6.80. The van der Waals surface area contributed by atoms with E-state index in [1.54, 1.807) is 0 Å². The Morgan fingerprint density at radius 1 is 1.25 bits per heavy atom. The van der Waals surface area contributed by atoms with Crippen LogP contribution in [0.2, 0.25) is 0 Å². The lowest BCUT2D eigenvalue weighted by Crippen LogP contribution is -2.51. The highest BCUT2D eigenvalue weighted by atomic mass is 16.2. The Bertz CT molecular complexity index is 432. The number of primary amides is 1. The molecule has 1 heterocycles. The van der Waals surface area contributed by atoms with Gasteiger partial charge < -0.3 is 27.0 Å². The summed E-state index contributed by atoms with van der Waals surface area (Å²) in [5, 5.41) is 13.2. The van der Waals surface area contributed by atoms with Crippen LogP contribution in [0, 0.1) is 11.3 Å². The number of hydrogen-bond donors (Lipinski definition) is 5. The minimum atomic E-state index is -0.267. The topological polar surface area (TPSA) is 137 Å². The number of guanidine groups is 1. The second-order valence-corrected chi connectivity index (χ2v) is 6.80. The molecule has 0 spiro atoms. The molecule has 0 unspecified atom stereocenters. The minimum absolute atomic E-state index is 0.0498. The average molecular weight is 340 g/mol. The van der Waals surface area contributed by atoms with Gasteiger partial charge in [-0.05, 0) is 31.6 Å². The van der Waals surface area contributed by atoms with Gasteiger partial charge in [-0.15, -0.1) is 0 Å². The zero-order valence-electron chi connectivity index (χ0n) is 14.8. The predicted molar refractivity (Wildman–Crippen MR) is 94.3 cm³/mol. The molecular formula is C16H32N6O2. The average Bonchev–Trinajstić information content (AvgIpc) is 2.49. The summed E-state index contributed by atoms with van der Waals surface area (Å²) in [7, 11) is 0. The quantitative estimate of drug-likeness (QED) is 0.223. The molecule has 24 heavy (non-hydrogen) atoms. The Morgan fingerprint density at radius 3 is 2.38 bits per heavy atom. The maximum atomic E-state index is 12.8. The van der Waals surface area contributed by atoms with Crippen molar-refractivity contribution in [1.82, 2.24) is 15.5 Å². The van der Waals surface area contributed by atoms with E-state index in [0.29, 0.717) is 38.4 Å². The molecule has 0 saturated carbocycles. The van der Waals surface area contributed by atoms with Gasteiger partial charge in [0, 0.05) is 32.1 Å². The first-order valence-corrected chi connectivity index (χ1v) is 8.70. The van der Waals surface area contributed by atoms with Crippen LogP contribution in [-0.4, -0.2) is 54.4 Å². The molecular weight excluding hydrogens is 308 g/mol. The molecule has 2 amide bonds. The van der Waals surface area contributed by atoms with Crippen LogP contribution in [-0.2, 0) is 9.59 Å². The highest BCUT2D eigenvalue weighted by molar-refractivity contribution is 5.82. The van der Waals surface area contributed by atoms with E-state index in [1.165, 1.54) is 0 Å². The molecule has 0 radical (unpaired) electrons. The Kier molecular flexibility index (Phi) is 8.53. The first kappa shape index (κ1) is 20.2. The van der Waals surface area contributed by atoms with E-state index >= 15 is 0 Å². The number of nitrogens with zero attached hydrogens (tertiary/aromatic N) is 1. The second kappa shape index (κ2) is 10.1. The number of carbonyl (C=O) groups is 2. The highest BCUT2D eigenvalue weighted by Gasteiger charge is 2.28. The van der Waals surface area contributed by atoms with E-state index in [1.807, 2.05) is 18.7 Å². The van der Waals surface area contributed by atoms with Crippen molar-refractivity contribution < 1.29 is 9.59 Å². The number of nitrogens with two attached hydrogens (primary N) is 2. The summed E-state index contributed by atoms with van der Waals surface area (Å²) in [6.45, 7) is 5.98. The third-order valence-corrected chi connectivity index (χ3v) is 4.23. The van der Waals surface area contributed by atoms with Crippen LogP contribution in [0.5, 0.6) is 0 Å². The van der Waals surface area contributed by atoms with Gasteiger partial charge in [-0.2, -0.15) is 0 Å². The van der Waals surface area contributed by atoms with Crippen LogP contribution in [0.1, 0.15) is 46.0 Å². The van der Waals surface area contributed by atoms with Crippen molar-refractivity contribution in [2.45, 2.75) is 58.0 Å². The summed E-state index contributed by atoms with van der Waals surface area (Å²) in [4.78, 5) is 25.7. The summed E-state index contributed by atoms with van der Waals surface area (Å²) in [5.41, 5.74) is 10.5. The van der Waals surface area contributed by atoms with Crippen molar-refractivity contribution in [3.8, 4) is 0 Å².